The Balaban J connectivity index is 2.03. The van der Waals surface area contributed by atoms with Crippen molar-refractivity contribution in [2.45, 2.75) is 65.9 Å². The fourth-order valence-corrected chi connectivity index (χ4v) is 4.45. The third-order valence-electron chi connectivity index (χ3n) is 6.19. The van der Waals surface area contributed by atoms with Crippen LogP contribution in [-0.4, -0.2) is 29.6 Å². The Morgan fingerprint density at radius 3 is 2.66 bits per heavy atom. The number of pyridine rings is 1. The Morgan fingerprint density at radius 2 is 2.06 bits per heavy atom. The number of nitrogens with zero attached hydrogens (tertiary/aromatic N) is 2. The van der Waals surface area contributed by atoms with E-state index in [-0.39, 0.29) is 6.10 Å². The molecule has 2 unspecified atom stereocenters. The van der Waals surface area contributed by atoms with Gasteiger partial charge in [0.05, 0.1) is 11.9 Å². The van der Waals surface area contributed by atoms with Gasteiger partial charge in [-0.25, -0.2) is 0 Å². The number of piperidine rings is 1. The normalized spacial score (nSPS) is 21.7. The van der Waals surface area contributed by atoms with Crippen LogP contribution in [0.5, 0.6) is 5.75 Å². The molecule has 0 spiro atoms. The molecule has 2 aliphatic rings. The maximum atomic E-state index is 6.41. The summed E-state index contributed by atoms with van der Waals surface area (Å²) in [6.07, 6.45) is 18.9. The van der Waals surface area contributed by atoms with Crippen LogP contribution < -0.4 is 4.74 Å². The molecule has 3 nitrogen and oxygen atoms in total. The molecule has 1 saturated heterocycles. The maximum Gasteiger partial charge on any atom is 0.138 e. The molecule has 172 valence electrons. The van der Waals surface area contributed by atoms with E-state index in [9.17, 15) is 0 Å². The quantitative estimate of drug-likeness (QED) is 0.309. The second kappa shape index (κ2) is 11.7. The maximum absolute atomic E-state index is 6.41. The van der Waals surface area contributed by atoms with Crippen LogP contribution >= 0.6 is 9.24 Å². The van der Waals surface area contributed by atoms with Gasteiger partial charge in [-0.2, -0.15) is 0 Å². The van der Waals surface area contributed by atoms with E-state index in [1.54, 1.807) is 12.4 Å². The Labute approximate surface area is 197 Å². The molecule has 32 heavy (non-hydrogen) atoms. The molecule has 0 aromatic carbocycles. The van der Waals surface area contributed by atoms with Crippen molar-refractivity contribution >= 4 is 9.24 Å². The van der Waals surface area contributed by atoms with Gasteiger partial charge in [0.2, 0.25) is 0 Å². The highest BCUT2D eigenvalue weighted by molar-refractivity contribution is 7.23. The van der Waals surface area contributed by atoms with Gasteiger partial charge >= 0.3 is 0 Å². The number of likely N-dealkylation sites (N-methyl/N-ethyl adjacent to an activating group) is 1. The average molecular weight is 451 g/mol. The first kappa shape index (κ1) is 24.5. The predicted octanol–water partition coefficient (Wildman–Crippen LogP) is 7.23. The van der Waals surface area contributed by atoms with Crippen molar-refractivity contribution in [3.05, 3.63) is 82.1 Å². The lowest BCUT2D eigenvalue weighted by molar-refractivity contribution is 0.151. The van der Waals surface area contributed by atoms with Crippen LogP contribution in [0.3, 0.4) is 0 Å². The Kier molecular flexibility index (Phi) is 8.93. The summed E-state index contributed by atoms with van der Waals surface area (Å²) in [6.45, 7) is 9.83. The van der Waals surface area contributed by atoms with Crippen molar-refractivity contribution in [3.8, 4) is 5.75 Å². The summed E-state index contributed by atoms with van der Waals surface area (Å²) in [5.74, 6) is 1.56. The van der Waals surface area contributed by atoms with Crippen molar-refractivity contribution in [2.24, 2.45) is 5.92 Å². The fourth-order valence-electron chi connectivity index (χ4n) is 4.21. The minimum Gasteiger partial charge on any atom is -0.483 e. The summed E-state index contributed by atoms with van der Waals surface area (Å²) in [5, 5.41) is 1.24. The smallest absolute Gasteiger partial charge is 0.138 e. The second-order valence-corrected chi connectivity index (χ2v) is 9.65. The molecule has 0 N–H and O–H groups in total. The molecule has 1 saturated carbocycles. The molecule has 0 amide bonds. The molecule has 3 rings (SSSR count). The molecule has 1 aliphatic heterocycles. The number of likely N-dealkylation sites (tertiary alicyclic amines) is 1. The van der Waals surface area contributed by atoms with E-state index in [0.717, 1.165) is 37.5 Å². The first-order valence-corrected chi connectivity index (χ1v) is 12.5. The number of ether oxygens (including phenoxy) is 1. The fraction of sp³-hybridized carbons (Fsp3) is 0.464. The molecule has 1 aromatic heterocycles. The molecular formula is C28H39N2OP. The van der Waals surface area contributed by atoms with E-state index in [4.69, 9.17) is 4.74 Å². The van der Waals surface area contributed by atoms with E-state index in [0.29, 0.717) is 0 Å². The van der Waals surface area contributed by atoms with E-state index in [2.05, 4.69) is 78.2 Å². The molecule has 2 heterocycles. The molecule has 1 aliphatic carbocycles. The van der Waals surface area contributed by atoms with Gasteiger partial charge in [-0.1, -0.05) is 30.7 Å². The van der Waals surface area contributed by atoms with Gasteiger partial charge in [-0.05, 0) is 99.0 Å². The molecule has 1 aromatic rings. The van der Waals surface area contributed by atoms with E-state index >= 15 is 0 Å². The summed E-state index contributed by atoms with van der Waals surface area (Å²) >= 11 is 0. The Morgan fingerprint density at radius 1 is 1.28 bits per heavy atom. The number of hydrogen-bond acceptors (Lipinski definition) is 3. The highest BCUT2D eigenvalue weighted by atomic mass is 31.0. The van der Waals surface area contributed by atoms with E-state index in [1.807, 2.05) is 12.1 Å². The van der Waals surface area contributed by atoms with Crippen molar-refractivity contribution in [2.75, 3.05) is 13.6 Å². The van der Waals surface area contributed by atoms with E-state index in [1.165, 1.54) is 46.1 Å². The van der Waals surface area contributed by atoms with Crippen LogP contribution in [0, 0.1) is 5.92 Å². The van der Waals surface area contributed by atoms with Gasteiger partial charge in [-0.3, -0.25) is 4.98 Å². The summed E-state index contributed by atoms with van der Waals surface area (Å²) in [7, 11) is 5.14. The molecule has 2 atom stereocenters. The lowest BCUT2D eigenvalue weighted by Crippen LogP contribution is -2.36. The van der Waals surface area contributed by atoms with Gasteiger partial charge in [0.1, 0.15) is 11.9 Å². The SMILES string of the molecule is C\C=C(P)/C(=C\C(=C\CC)C1CC1)C(/C=C1/C(Oc2cccnc2)CCCN1C)=C(C)C. The summed E-state index contributed by atoms with van der Waals surface area (Å²) in [4.78, 5) is 6.58. The lowest BCUT2D eigenvalue weighted by atomic mass is 9.93. The lowest BCUT2D eigenvalue weighted by Gasteiger charge is -2.35. The number of rotatable bonds is 8. The Bertz CT molecular complexity index is 931. The molecule has 0 radical (unpaired) electrons. The van der Waals surface area contributed by atoms with Crippen molar-refractivity contribution < 1.29 is 4.74 Å². The van der Waals surface area contributed by atoms with Gasteiger partial charge in [-0.15, -0.1) is 9.24 Å². The summed E-state index contributed by atoms with van der Waals surface area (Å²) < 4.78 is 6.41. The predicted molar refractivity (Wildman–Crippen MR) is 140 cm³/mol. The topological polar surface area (TPSA) is 25.4 Å². The zero-order valence-electron chi connectivity index (χ0n) is 20.4. The monoisotopic (exact) mass is 450 g/mol. The van der Waals surface area contributed by atoms with Gasteiger partial charge in [0.25, 0.3) is 0 Å². The van der Waals surface area contributed by atoms with Crippen LogP contribution in [0.25, 0.3) is 0 Å². The number of hydrogen-bond donors (Lipinski definition) is 0. The third kappa shape index (κ3) is 6.45. The van der Waals surface area contributed by atoms with Crippen LogP contribution in [0.15, 0.2) is 82.1 Å². The van der Waals surface area contributed by atoms with Crippen molar-refractivity contribution in [1.29, 1.82) is 0 Å². The van der Waals surface area contributed by atoms with Gasteiger partial charge in [0.15, 0.2) is 0 Å². The van der Waals surface area contributed by atoms with Crippen molar-refractivity contribution in [1.82, 2.24) is 9.88 Å². The van der Waals surface area contributed by atoms with Crippen LogP contribution in [-0.2, 0) is 0 Å². The number of aromatic nitrogens is 1. The molecule has 2 fully saturated rings. The highest BCUT2D eigenvalue weighted by Gasteiger charge is 2.27. The molecule has 4 heteroatoms. The first-order chi connectivity index (χ1) is 15.4. The molecular weight excluding hydrogens is 411 g/mol. The standard InChI is InChI=1S/C28H39N2OP/c1-6-10-22(21-13-14-21)17-25(28(32)7-2)24(20(3)4)18-26-27(12-9-16-30(26)5)31-23-11-8-15-29-19-23/h7-8,10-11,15,17-19,21,27H,6,9,12-14,16,32H2,1-5H3/b22-10-,25-17-,26-18-,28-7+. The second-order valence-electron chi connectivity index (χ2n) is 9.03. The van der Waals surface area contributed by atoms with Gasteiger partial charge < -0.3 is 9.64 Å². The third-order valence-corrected chi connectivity index (χ3v) is 6.83. The zero-order chi connectivity index (χ0) is 23.1. The van der Waals surface area contributed by atoms with E-state index < -0.39 is 0 Å². The van der Waals surface area contributed by atoms with Crippen LogP contribution in [0.2, 0.25) is 0 Å². The first-order valence-electron chi connectivity index (χ1n) is 12.0. The minimum atomic E-state index is 0.0289. The average Bonchev–Trinajstić information content (AvgIpc) is 3.62. The zero-order valence-corrected chi connectivity index (χ0v) is 21.6. The Hall–Kier alpha value is -2.12. The summed E-state index contributed by atoms with van der Waals surface area (Å²) in [6, 6.07) is 3.92. The molecule has 0 bridgehead atoms. The minimum absolute atomic E-state index is 0.0289. The summed E-state index contributed by atoms with van der Waals surface area (Å²) in [5.41, 5.74) is 6.64. The van der Waals surface area contributed by atoms with Gasteiger partial charge in [0, 0.05) is 19.8 Å². The largest absolute Gasteiger partial charge is 0.483 e. The highest BCUT2D eigenvalue weighted by Crippen LogP contribution is 2.40. The van der Waals surface area contributed by atoms with Crippen molar-refractivity contribution in [3.63, 3.8) is 0 Å². The van der Waals surface area contributed by atoms with Crippen LogP contribution in [0.1, 0.15) is 59.8 Å². The number of allylic oxidation sites excluding steroid dienone is 9. The van der Waals surface area contributed by atoms with Crippen LogP contribution in [0.4, 0.5) is 0 Å².